The van der Waals surface area contributed by atoms with E-state index in [1.54, 1.807) is 0 Å². The average Bonchev–Trinajstić information content (AvgIpc) is 3.02. The first-order valence-electron chi connectivity index (χ1n) is 15.3. The van der Waals surface area contributed by atoms with Crippen molar-refractivity contribution in [3.8, 4) is 33.6 Å². The number of aromatic nitrogens is 2. The molecule has 5 aromatic carbocycles. The summed E-state index contributed by atoms with van der Waals surface area (Å²) in [5.41, 5.74) is 8.79. The summed E-state index contributed by atoms with van der Waals surface area (Å²) in [4.78, 5) is 9.66. The Hall–Kier alpha value is -4.13. The summed E-state index contributed by atoms with van der Waals surface area (Å²) in [7, 11) is 0. The van der Waals surface area contributed by atoms with Crippen molar-refractivity contribution in [3.05, 3.63) is 133 Å². The number of hydrogen-bond acceptors (Lipinski definition) is 2. The van der Waals surface area contributed by atoms with E-state index in [1.807, 2.05) is 12.4 Å². The molecule has 0 radical (unpaired) electrons. The molecule has 0 aliphatic rings. The van der Waals surface area contributed by atoms with E-state index in [1.165, 1.54) is 21.9 Å². The normalized spacial score (nSPS) is 12.0. The van der Waals surface area contributed by atoms with E-state index >= 15 is 0 Å². The van der Waals surface area contributed by atoms with Crippen molar-refractivity contribution in [2.75, 3.05) is 0 Å². The van der Waals surface area contributed by atoms with Gasteiger partial charge in [0.15, 0.2) is 0 Å². The molecule has 7 rings (SSSR count). The fraction of sp³-hybridized carbons (Fsp3) is 0.190. The second-order valence-corrected chi connectivity index (χ2v) is 13.8. The molecule has 224 valence electrons. The first-order chi connectivity index (χ1) is 21.1. The first kappa shape index (κ1) is 30.9. The summed E-state index contributed by atoms with van der Waals surface area (Å²) in [5, 5.41) is 6.86. The Morgan fingerprint density at radius 1 is 0.489 bits per heavy atom. The zero-order valence-electron chi connectivity index (χ0n) is 26.6. The Morgan fingerprint density at radius 2 is 1.02 bits per heavy atom. The third-order valence-corrected chi connectivity index (χ3v) is 8.64. The summed E-state index contributed by atoms with van der Waals surface area (Å²) in [5.74, 6) is 0. The zero-order valence-corrected chi connectivity index (χ0v) is 28.9. The van der Waals surface area contributed by atoms with E-state index in [2.05, 4.69) is 151 Å². The standard InChI is InChI=1S/C42H36N2.Pt/c1-41(2,3)33-15-17-36-29(24-33)19-21-43-39(36)31-11-7-10-28(23-31)35-12-8-9-27-13-14-32(26-38(27)35)40-37-18-16-34(42(4,5)6)25-30(37)20-22-44-40;/h7-22,24-25H,1-6H3;/q-2;+2. The van der Waals surface area contributed by atoms with Crippen molar-refractivity contribution < 1.29 is 21.1 Å². The van der Waals surface area contributed by atoms with E-state index in [9.17, 15) is 0 Å². The van der Waals surface area contributed by atoms with Crippen LogP contribution in [0.3, 0.4) is 0 Å². The molecule has 2 aromatic heterocycles. The molecule has 7 aromatic rings. The number of nitrogens with zero attached hydrogens (tertiary/aromatic N) is 2. The Labute approximate surface area is 280 Å². The van der Waals surface area contributed by atoms with Crippen LogP contribution in [0, 0.1) is 12.1 Å². The predicted molar refractivity (Wildman–Crippen MR) is 186 cm³/mol. The Bertz CT molecular complexity index is 2200. The van der Waals surface area contributed by atoms with Crippen molar-refractivity contribution >= 4 is 32.3 Å². The van der Waals surface area contributed by atoms with Crippen LogP contribution in [0.1, 0.15) is 52.7 Å². The van der Waals surface area contributed by atoms with Crippen LogP contribution in [0.5, 0.6) is 0 Å². The fourth-order valence-electron chi connectivity index (χ4n) is 6.04. The van der Waals surface area contributed by atoms with E-state index in [0.29, 0.717) is 0 Å². The van der Waals surface area contributed by atoms with Gasteiger partial charge in [0, 0.05) is 23.8 Å². The van der Waals surface area contributed by atoms with Crippen LogP contribution in [-0.2, 0) is 31.9 Å². The van der Waals surface area contributed by atoms with Gasteiger partial charge in [-0.15, -0.1) is 53.4 Å². The molecular formula is C42H36N2Pt. The van der Waals surface area contributed by atoms with Gasteiger partial charge in [0.1, 0.15) is 0 Å². The minimum absolute atomic E-state index is 0. The Morgan fingerprint density at radius 3 is 1.60 bits per heavy atom. The summed E-state index contributed by atoms with van der Waals surface area (Å²) in [6.45, 7) is 13.5. The number of benzene rings is 5. The van der Waals surface area contributed by atoms with E-state index in [0.717, 1.165) is 55.2 Å². The SMILES string of the molecule is CC(C)(C)c1ccc2c(-c3[c-]c(-c4cccc5ccc(-c6nccc7cc(C(C)(C)C)ccc67)[c-]c45)ccc3)nccc2c1.[Pt+2]. The van der Waals surface area contributed by atoms with Crippen LogP contribution in [0.4, 0.5) is 0 Å². The van der Waals surface area contributed by atoms with Gasteiger partial charge < -0.3 is 0 Å². The van der Waals surface area contributed by atoms with Crippen LogP contribution in [0.15, 0.2) is 109 Å². The molecule has 0 N–H and O–H groups in total. The topological polar surface area (TPSA) is 25.8 Å². The van der Waals surface area contributed by atoms with Crippen LogP contribution < -0.4 is 0 Å². The summed E-state index contributed by atoms with van der Waals surface area (Å²) < 4.78 is 0. The molecule has 0 bridgehead atoms. The molecule has 0 aliphatic carbocycles. The molecule has 0 amide bonds. The zero-order chi connectivity index (χ0) is 30.6. The number of rotatable bonds is 3. The van der Waals surface area contributed by atoms with Gasteiger partial charge in [0.2, 0.25) is 0 Å². The van der Waals surface area contributed by atoms with E-state index in [-0.39, 0.29) is 31.9 Å². The monoisotopic (exact) mass is 763 g/mol. The van der Waals surface area contributed by atoms with Gasteiger partial charge in [0.05, 0.1) is 0 Å². The third-order valence-electron chi connectivity index (χ3n) is 8.64. The van der Waals surface area contributed by atoms with Crippen molar-refractivity contribution in [1.82, 2.24) is 9.97 Å². The van der Waals surface area contributed by atoms with Crippen LogP contribution in [0.25, 0.3) is 66.0 Å². The summed E-state index contributed by atoms with van der Waals surface area (Å²) in [6.07, 6.45) is 3.82. The fourth-order valence-corrected chi connectivity index (χ4v) is 6.04. The first-order valence-corrected chi connectivity index (χ1v) is 15.3. The minimum Gasteiger partial charge on any atom is -0.294 e. The average molecular weight is 764 g/mol. The molecular weight excluding hydrogens is 728 g/mol. The quantitative estimate of drug-likeness (QED) is 0.168. The van der Waals surface area contributed by atoms with Crippen molar-refractivity contribution in [3.63, 3.8) is 0 Å². The van der Waals surface area contributed by atoms with Gasteiger partial charge >= 0.3 is 21.1 Å². The second kappa shape index (κ2) is 11.7. The maximum Gasteiger partial charge on any atom is 2.00 e. The van der Waals surface area contributed by atoms with E-state index < -0.39 is 0 Å². The van der Waals surface area contributed by atoms with E-state index in [4.69, 9.17) is 9.97 Å². The van der Waals surface area contributed by atoms with Gasteiger partial charge in [-0.2, -0.15) is 0 Å². The van der Waals surface area contributed by atoms with Crippen LogP contribution in [0.2, 0.25) is 0 Å². The van der Waals surface area contributed by atoms with Gasteiger partial charge in [-0.3, -0.25) is 9.97 Å². The second-order valence-electron chi connectivity index (χ2n) is 13.8. The largest absolute Gasteiger partial charge is 2.00 e. The third kappa shape index (κ3) is 5.85. The molecule has 0 spiro atoms. The smallest absolute Gasteiger partial charge is 0.294 e. The van der Waals surface area contributed by atoms with Crippen molar-refractivity contribution in [1.29, 1.82) is 0 Å². The molecule has 0 fully saturated rings. The molecule has 0 aliphatic heterocycles. The molecule has 0 saturated carbocycles. The van der Waals surface area contributed by atoms with Gasteiger partial charge in [-0.05, 0) is 55.6 Å². The van der Waals surface area contributed by atoms with Crippen molar-refractivity contribution in [2.24, 2.45) is 0 Å². The number of fused-ring (bicyclic) bond motifs is 3. The molecule has 45 heavy (non-hydrogen) atoms. The Kier molecular flexibility index (Phi) is 8.00. The number of pyridine rings is 2. The maximum atomic E-state index is 4.83. The molecule has 0 atom stereocenters. The van der Waals surface area contributed by atoms with Crippen LogP contribution in [-0.4, -0.2) is 9.97 Å². The van der Waals surface area contributed by atoms with Gasteiger partial charge in [-0.25, -0.2) is 0 Å². The molecule has 0 saturated heterocycles. The van der Waals surface area contributed by atoms with Crippen LogP contribution >= 0.6 is 0 Å². The summed E-state index contributed by atoms with van der Waals surface area (Å²) >= 11 is 0. The van der Waals surface area contributed by atoms with Gasteiger partial charge in [-0.1, -0.05) is 118 Å². The predicted octanol–water partition coefficient (Wildman–Crippen LogP) is 11.1. The molecule has 0 unspecified atom stereocenters. The van der Waals surface area contributed by atoms with Gasteiger partial charge in [0.25, 0.3) is 0 Å². The molecule has 3 heteroatoms. The molecule has 2 heterocycles. The number of hydrogen-bond donors (Lipinski definition) is 0. The Balaban J connectivity index is 0.00000357. The summed E-state index contributed by atoms with van der Waals surface area (Å²) in [6, 6.07) is 42.2. The minimum atomic E-state index is 0. The van der Waals surface area contributed by atoms with Crippen molar-refractivity contribution in [2.45, 2.75) is 52.4 Å². The maximum absolute atomic E-state index is 4.83. The molecule has 2 nitrogen and oxygen atoms in total.